The van der Waals surface area contributed by atoms with Gasteiger partial charge in [0.15, 0.2) is 0 Å². The summed E-state index contributed by atoms with van der Waals surface area (Å²) in [7, 11) is 0. The van der Waals surface area contributed by atoms with Gasteiger partial charge in [-0.05, 0) is 43.2 Å². The fourth-order valence-electron chi connectivity index (χ4n) is 2.26. The van der Waals surface area contributed by atoms with Crippen LogP contribution in [-0.4, -0.2) is 21.8 Å². The molecule has 1 aliphatic carbocycles. The molecule has 0 aliphatic heterocycles. The summed E-state index contributed by atoms with van der Waals surface area (Å²) in [5.74, 6) is -0.0217. The Bertz CT molecular complexity index is 656. The van der Waals surface area contributed by atoms with E-state index in [-0.39, 0.29) is 5.91 Å². The molecule has 5 heteroatoms. The highest BCUT2D eigenvalue weighted by molar-refractivity contribution is 6.33. The summed E-state index contributed by atoms with van der Waals surface area (Å²) in [6.45, 7) is 0.521. The number of anilines is 1. The number of nitrogen functional groups attached to an aromatic ring is 1. The van der Waals surface area contributed by atoms with Crippen molar-refractivity contribution in [2.45, 2.75) is 25.4 Å². The number of hydrogen-bond donors (Lipinski definition) is 1. The molecule has 0 saturated heterocycles. The molecule has 0 atom stereocenters. The lowest BCUT2D eigenvalue weighted by Gasteiger charge is -2.22. The molecule has 1 aliphatic rings. The molecule has 2 aromatic rings. The summed E-state index contributed by atoms with van der Waals surface area (Å²) in [5.41, 5.74) is 7.67. The van der Waals surface area contributed by atoms with E-state index >= 15 is 0 Å². The first-order valence-corrected chi connectivity index (χ1v) is 7.29. The first-order valence-electron chi connectivity index (χ1n) is 6.91. The Hall–Kier alpha value is -2.07. The highest BCUT2D eigenvalue weighted by Gasteiger charge is 2.33. The van der Waals surface area contributed by atoms with Gasteiger partial charge in [0.2, 0.25) is 0 Å². The third-order valence-electron chi connectivity index (χ3n) is 3.55. The fourth-order valence-corrected chi connectivity index (χ4v) is 2.38. The minimum atomic E-state index is -0.0217. The van der Waals surface area contributed by atoms with Gasteiger partial charge in [-0.2, -0.15) is 0 Å². The number of amides is 1. The number of hydrogen-bond acceptors (Lipinski definition) is 3. The van der Waals surface area contributed by atoms with Gasteiger partial charge in [0.05, 0.1) is 22.9 Å². The minimum absolute atomic E-state index is 0.0217. The molecule has 108 valence electrons. The van der Waals surface area contributed by atoms with Crippen LogP contribution in [0.25, 0.3) is 0 Å². The van der Waals surface area contributed by atoms with E-state index in [1.165, 1.54) is 0 Å². The van der Waals surface area contributed by atoms with Crippen LogP contribution in [0.3, 0.4) is 0 Å². The van der Waals surface area contributed by atoms with Crippen LogP contribution in [0.1, 0.15) is 28.9 Å². The van der Waals surface area contributed by atoms with Crippen molar-refractivity contribution in [1.82, 2.24) is 9.88 Å². The number of rotatable bonds is 4. The molecule has 0 spiro atoms. The lowest BCUT2D eigenvalue weighted by atomic mass is 10.1. The number of nitrogens with zero attached hydrogens (tertiary/aromatic N) is 2. The second-order valence-corrected chi connectivity index (χ2v) is 5.63. The Morgan fingerprint density at radius 1 is 1.33 bits per heavy atom. The lowest BCUT2D eigenvalue weighted by Crippen LogP contribution is -2.33. The van der Waals surface area contributed by atoms with Crippen LogP contribution < -0.4 is 5.73 Å². The largest absolute Gasteiger partial charge is 0.398 e. The standard InChI is InChI=1S/C16H16ClN3O/c17-14-7-4-11(9-15(14)18)16(21)20(13-5-6-13)10-12-3-1-2-8-19-12/h1-4,7-9,13H,5-6,10,18H2. The Morgan fingerprint density at radius 3 is 2.76 bits per heavy atom. The average Bonchev–Trinajstić information content (AvgIpc) is 3.33. The van der Waals surface area contributed by atoms with Crippen molar-refractivity contribution in [3.05, 3.63) is 58.9 Å². The maximum Gasteiger partial charge on any atom is 0.254 e. The molecule has 2 N–H and O–H groups in total. The number of halogens is 1. The number of aromatic nitrogens is 1. The van der Waals surface area contributed by atoms with E-state index in [2.05, 4.69) is 4.98 Å². The summed E-state index contributed by atoms with van der Waals surface area (Å²) >= 11 is 5.91. The molecule has 0 radical (unpaired) electrons. The maximum absolute atomic E-state index is 12.7. The Kier molecular flexibility index (Phi) is 3.80. The van der Waals surface area contributed by atoms with E-state index in [1.54, 1.807) is 24.4 Å². The van der Waals surface area contributed by atoms with Crippen LogP contribution in [0.4, 0.5) is 5.69 Å². The van der Waals surface area contributed by atoms with E-state index in [1.807, 2.05) is 23.1 Å². The molecule has 1 saturated carbocycles. The first kappa shape index (κ1) is 13.9. The highest BCUT2D eigenvalue weighted by atomic mass is 35.5. The van der Waals surface area contributed by atoms with E-state index in [0.717, 1.165) is 18.5 Å². The van der Waals surface area contributed by atoms with Crippen molar-refractivity contribution >= 4 is 23.2 Å². The van der Waals surface area contributed by atoms with Gasteiger partial charge in [0.25, 0.3) is 5.91 Å². The molecular formula is C16H16ClN3O. The molecule has 3 rings (SSSR count). The molecule has 1 amide bonds. The van der Waals surface area contributed by atoms with Gasteiger partial charge >= 0.3 is 0 Å². The van der Waals surface area contributed by atoms with E-state index in [9.17, 15) is 4.79 Å². The molecule has 4 nitrogen and oxygen atoms in total. The molecule has 21 heavy (non-hydrogen) atoms. The summed E-state index contributed by atoms with van der Waals surface area (Å²) in [6.07, 6.45) is 3.83. The van der Waals surface area contributed by atoms with Gasteiger partial charge in [-0.25, -0.2) is 0 Å². The van der Waals surface area contributed by atoms with E-state index < -0.39 is 0 Å². The number of nitrogens with two attached hydrogens (primary N) is 1. The lowest BCUT2D eigenvalue weighted by molar-refractivity contribution is 0.0728. The highest BCUT2D eigenvalue weighted by Crippen LogP contribution is 2.30. The van der Waals surface area contributed by atoms with Crippen LogP contribution in [0.5, 0.6) is 0 Å². The van der Waals surface area contributed by atoms with Gasteiger partial charge in [-0.15, -0.1) is 0 Å². The molecule has 1 aromatic carbocycles. The fraction of sp³-hybridized carbons (Fsp3) is 0.250. The summed E-state index contributed by atoms with van der Waals surface area (Å²) < 4.78 is 0. The monoisotopic (exact) mass is 301 g/mol. The van der Waals surface area contributed by atoms with Crippen molar-refractivity contribution in [2.24, 2.45) is 0 Å². The number of pyridine rings is 1. The second kappa shape index (κ2) is 5.74. The second-order valence-electron chi connectivity index (χ2n) is 5.22. The Balaban J connectivity index is 1.83. The van der Waals surface area contributed by atoms with Crippen molar-refractivity contribution in [1.29, 1.82) is 0 Å². The first-order chi connectivity index (χ1) is 10.1. The average molecular weight is 302 g/mol. The summed E-state index contributed by atoms with van der Waals surface area (Å²) in [5, 5.41) is 0.467. The summed E-state index contributed by atoms with van der Waals surface area (Å²) in [4.78, 5) is 18.9. The topological polar surface area (TPSA) is 59.2 Å². The van der Waals surface area contributed by atoms with Gasteiger partial charge in [0.1, 0.15) is 0 Å². The number of carbonyl (C=O) groups is 1. The van der Waals surface area contributed by atoms with Crippen LogP contribution >= 0.6 is 11.6 Å². The number of carbonyl (C=O) groups excluding carboxylic acids is 1. The van der Waals surface area contributed by atoms with Gasteiger partial charge < -0.3 is 10.6 Å². The van der Waals surface area contributed by atoms with Crippen LogP contribution in [-0.2, 0) is 6.54 Å². The van der Waals surface area contributed by atoms with Gasteiger partial charge in [0, 0.05) is 17.8 Å². The summed E-state index contributed by atoms with van der Waals surface area (Å²) in [6, 6.07) is 11.0. The smallest absolute Gasteiger partial charge is 0.254 e. The molecular weight excluding hydrogens is 286 g/mol. The quantitative estimate of drug-likeness (QED) is 0.883. The maximum atomic E-state index is 12.7. The SMILES string of the molecule is Nc1cc(C(=O)N(Cc2ccccn2)C2CC2)ccc1Cl. The van der Waals surface area contributed by atoms with Crippen molar-refractivity contribution in [3.63, 3.8) is 0 Å². The van der Waals surface area contributed by atoms with Crippen molar-refractivity contribution in [3.8, 4) is 0 Å². The molecule has 0 unspecified atom stereocenters. The molecule has 1 aromatic heterocycles. The third kappa shape index (κ3) is 3.16. The molecule has 1 heterocycles. The van der Waals surface area contributed by atoms with Gasteiger partial charge in [-0.3, -0.25) is 9.78 Å². The number of benzene rings is 1. The molecule has 0 bridgehead atoms. The zero-order valence-electron chi connectivity index (χ0n) is 11.5. The van der Waals surface area contributed by atoms with Crippen molar-refractivity contribution < 1.29 is 4.79 Å². The van der Waals surface area contributed by atoms with E-state index in [0.29, 0.717) is 28.9 Å². The molecule has 1 fully saturated rings. The predicted octanol–water partition coefficient (Wildman–Crippen LogP) is 3.12. The Morgan fingerprint density at radius 2 is 2.14 bits per heavy atom. The zero-order valence-corrected chi connectivity index (χ0v) is 12.3. The van der Waals surface area contributed by atoms with Crippen molar-refractivity contribution in [2.75, 3.05) is 5.73 Å². The van der Waals surface area contributed by atoms with E-state index in [4.69, 9.17) is 17.3 Å². The third-order valence-corrected chi connectivity index (χ3v) is 3.89. The van der Waals surface area contributed by atoms with Crippen LogP contribution in [0.2, 0.25) is 5.02 Å². The minimum Gasteiger partial charge on any atom is -0.398 e. The Labute approximate surface area is 128 Å². The van der Waals surface area contributed by atoms with Crippen LogP contribution in [0.15, 0.2) is 42.6 Å². The zero-order chi connectivity index (χ0) is 14.8. The van der Waals surface area contributed by atoms with Gasteiger partial charge in [-0.1, -0.05) is 17.7 Å². The predicted molar refractivity (Wildman–Crippen MR) is 83.0 cm³/mol. The van der Waals surface area contributed by atoms with Crippen LogP contribution in [0, 0.1) is 0 Å². The normalized spacial score (nSPS) is 14.0.